The minimum absolute atomic E-state index is 0.212. The highest BCUT2D eigenvalue weighted by Gasteiger charge is 2.21. The van der Waals surface area contributed by atoms with Gasteiger partial charge in [0, 0.05) is 24.1 Å². The summed E-state index contributed by atoms with van der Waals surface area (Å²) in [7, 11) is 1.68. The maximum atomic E-state index is 5.83. The van der Waals surface area contributed by atoms with E-state index in [0.29, 0.717) is 18.0 Å². The topological polar surface area (TPSA) is 85.0 Å². The first-order chi connectivity index (χ1) is 11.2. The molecule has 0 unspecified atom stereocenters. The van der Waals surface area contributed by atoms with Crippen molar-refractivity contribution in [3.05, 3.63) is 35.9 Å². The van der Waals surface area contributed by atoms with Gasteiger partial charge in [-0.15, -0.1) is 0 Å². The number of methoxy groups -OCH3 is 1. The fourth-order valence-corrected chi connectivity index (χ4v) is 2.89. The van der Waals surface area contributed by atoms with E-state index in [-0.39, 0.29) is 6.10 Å². The molecule has 0 amide bonds. The Hall–Kier alpha value is -2.83. The van der Waals surface area contributed by atoms with E-state index >= 15 is 0 Å². The third kappa shape index (κ3) is 2.44. The molecule has 0 bridgehead atoms. The van der Waals surface area contributed by atoms with Gasteiger partial charge in [-0.05, 0) is 19.1 Å². The molecule has 1 atom stereocenters. The van der Waals surface area contributed by atoms with Crippen LogP contribution in [0, 0.1) is 0 Å². The summed E-state index contributed by atoms with van der Waals surface area (Å²) in [5, 5.41) is 3.31. The summed E-state index contributed by atoms with van der Waals surface area (Å²) < 4.78 is 11.3. The first-order valence-corrected chi connectivity index (χ1v) is 7.49. The third-order valence-electron chi connectivity index (χ3n) is 3.97. The van der Waals surface area contributed by atoms with Gasteiger partial charge in [0.1, 0.15) is 29.4 Å². The van der Waals surface area contributed by atoms with Gasteiger partial charge in [-0.3, -0.25) is 0 Å². The van der Waals surface area contributed by atoms with Crippen molar-refractivity contribution in [2.45, 2.75) is 26.0 Å². The fourth-order valence-electron chi connectivity index (χ4n) is 2.89. The number of hydrogen-bond donors (Lipinski definition) is 2. The monoisotopic (exact) mass is 311 g/mol. The Kier molecular flexibility index (Phi) is 3.25. The first kappa shape index (κ1) is 13.8. The number of nitrogens with one attached hydrogen (secondary N) is 2. The second kappa shape index (κ2) is 5.42. The summed E-state index contributed by atoms with van der Waals surface area (Å²) >= 11 is 0. The molecule has 0 aliphatic carbocycles. The van der Waals surface area contributed by atoms with Gasteiger partial charge in [0.25, 0.3) is 0 Å². The molecule has 1 aromatic carbocycles. The minimum Gasteiger partial charge on any atom is -0.496 e. The molecule has 3 aromatic rings. The molecule has 0 spiro atoms. The number of fused-ring (bicyclic) bond motifs is 2. The summed E-state index contributed by atoms with van der Waals surface area (Å²) in [4.78, 5) is 15.6. The lowest BCUT2D eigenvalue weighted by Crippen LogP contribution is -2.05. The zero-order chi connectivity index (χ0) is 15.8. The number of hydrogen-bond acceptors (Lipinski definition) is 6. The Morgan fingerprint density at radius 2 is 2.26 bits per heavy atom. The van der Waals surface area contributed by atoms with Gasteiger partial charge in [-0.2, -0.15) is 0 Å². The standard InChI is InChI=1S/C16H17N5O2/c1-9-3-10-4-12(22-2)11(5-13(10)23-9)6-17-15-14-16(19-7-18-14)21-8-20-15/h4-5,7-9H,3,6H2,1-2H3,(H2,17,18,19,20,21)/t9-/m1/s1. The lowest BCUT2D eigenvalue weighted by atomic mass is 10.1. The van der Waals surface area contributed by atoms with Crippen LogP contribution in [-0.2, 0) is 13.0 Å². The van der Waals surface area contributed by atoms with E-state index in [1.54, 1.807) is 13.4 Å². The molecule has 0 fully saturated rings. The Bertz CT molecular complexity index is 861. The Morgan fingerprint density at radius 1 is 1.35 bits per heavy atom. The van der Waals surface area contributed by atoms with Crippen LogP contribution in [-0.4, -0.2) is 33.1 Å². The van der Waals surface area contributed by atoms with Gasteiger partial charge in [0.15, 0.2) is 11.5 Å². The van der Waals surface area contributed by atoms with Gasteiger partial charge >= 0.3 is 0 Å². The number of H-pyrrole nitrogens is 1. The quantitative estimate of drug-likeness (QED) is 0.769. The van der Waals surface area contributed by atoms with Crippen molar-refractivity contribution in [1.29, 1.82) is 0 Å². The number of imidazole rings is 1. The number of anilines is 1. The summed E-state index contributed by atoms with van der Waals surface area (Å²) in [6.45, 7) is 2.64. The molecule has 2 N–H and O–H groups in total. The summed E-state index contributed by atoms with van der Waals surface area (Å²) in [5.74, 6) is 2.50. The van der Waals surface area contributed by atoms with E-state index in [2.05, 4.69) is 38.2 Å². The lowest BCUT2D eigenvalue weighted by Gasteiger charge is -2.12. The van der Waals surface area contributed by atoms with Crippen molar-refractivity contribution in [3.63, 3.8) is 0 Å². The average Bonchev–Trinajstić information content (AvgIpc) is 3.16. The molecular formula is C16H17N5O2. The van der Waals surface area contributed by atoms with Crippen molar-refractivity contribution in [2.24, 2.45) is 0 Å². The van der Waals surface area contributed by atoms with Crippen LogP contribution >= 0.6 is 0 Å². The van der Waals surface area contributed by atoms with Gasteiger partial charge in [-0.25, -0.2) is 15.0 Å². The van der Waals surface area contributed by atoms with Gasteiger partial charge in [0.2, 0.25) is 0 Å². The van der Waals surface area contributed by atoms with Crippen LogP contribution < -0.4 is 14.8 Å². The maximum Gasteiger partial charge on any atom is 0.182 e. The smallest absolute Gasteiger partial charge is 0.182 e. The third-order valence-corrected chi connectivity index (χ3v) is 3.97. The highest BCUT2D eigenvalue weighted by Crippen LogP contribution is 2.35. The SMILES string of the molecule is COc1cc2c(cc1CNc1ncnc3nc[nH]c13)O[C@H](C)C2. The predicted octanol–water partition coefficient (Wildman–Crippen LogP) is 2.30. The van der Waals surface area contributed by atoms with Gasteiger partial charge in [-0.1, -0.05) is 0 Å². The number of nitrogens with zero attached hydrogens (tertiary/aromatic N) is 3. The zero-order valence-corrected chi connectivity index (χ0v) is 13.0. The van der Waals surface area contributed by atoms with E-state index in [1.807, 2.05) is 6.07 Å². The highest BCUT2D eigenvalue weighted by molar-refractivity contribution is 5.81. The van der Waals surface area contributed by atoms with Crippen LogP contribution in [0.4, 0.5) is 5.82 Å². The Labute approximate surface area is 133 Å². The number of benzene rings is 1. The predicted molar refractivity (Wildman–Crippen MR) is 85.8 cm³/mol. The molecule has 1 aliphatic heterocycles. The van der Waals surface area contributed by atoms with Crippen molar-refractivity contribution >= 4 is 17.0 Å². The second-order valence-corrected chi connectivity index (χ2v) is 5.58. The van der Waals surface area contributed by atoms with Crippen LogP contribution in [0.3, 0.4) is 0 Å². The van der Waals surface area contributed by atoms with Crippen LogP contribution in [0.1, 0.15) is 18.1 Å². The molecule has 0 saturated carbocycles. The fraction of sp³-hybridized carbons (Fsp3) is 0.312. The van der Waals surface area contributed by atoms with E-state index in [0.717, 1.165) is 29.0 Å². The molecule has 23 heavy (non-hydrogen) atoms. The van der Waals surface area contributed by atoms with E-state index in [4.69, 9.17) is 9.47 Å². The molecule has 0 radical (unpaired) electrons. The highest BCUT2D eigenvalue weighted by atomic mass is 16.5. The number of aromatic nitrogens is 4. The van der Waals surface area contributed by atoms with Crippen molar-refractivity contribution < 1.29 is 9.47 Å². The molecule has 7 nitrogen and oxygen atoms in total. The minimum atomic E-state index is 0.212. The Balaban J connectivity index is 1.62. The maximum absolute atomic E-state index is 5.83. The zero-order valence-electron chi connectivity index (χ0n) is 13.0. The molecule has 4 rings (SSSR count). The number of aromatic amines is 1. The molecule has 0 saturated heterocycles. The van der Waals surface area contributed by atoms with Crippen molar-refractivity contribution in [1.82, 2.24) is 19.9 Å². The van der Waals surface area contributed by atoms with Crippen molar-refractivity contribution in [2.75, 3.05) is 12.4 Å². The summed E-state index contributed by atoms with van der Waals surface area (Å²) in [6.07, 6.45) is 4.23. The Morgan fingerprint density at radius 3 is 3.13 bits per heavy atom. The number of rotatable bonds is 4. The largest absolute Gasteiger partial charge is 0.496 e. The molecule has 3 heterocycles. The molecule has 7 heteroatoms. The second-order valence-electron chi connectivity index (χ2n) is 5.58. The lowest BCUT2D eigenvalue weighted by molar-refractivity contribution is 0.254. The average molecular weight is 311 g/mol. The summed E-state index contributed by atoms with van der Waals surface area (Å²) in [6, 6.07) is 4.09. The van der Waals surface area contributed by atoms with Crippen LogP contribution in [0.2, 0.25) is 0 Å². The molecule has 2 aromatic heterocycles. The molecule has 118 valence electrons. The first-order valence-electron chi connectivity index (χ1n) is 7.49. The van der Waals surface area contributed by atoms with Gasteiger partial charge < -0.3 is 19.8 Å². The van der Waals surface area contributed by atoms with E-state index < -0.39 is 0 Å². The van der Waals surface area contributed by atoms with E-state index in [9.17, 15) is 0 Å². The summed E-state index contributed by atoms with van der Waals surface area (Å²) in [5.41, 5.74) is 3.64. The van der Waals surface area contributed by atoms with Crippen molar-refractivity contribution in [3.8, 4) is 11.5 Å². The number of ether oxygens (including phenoxy) is 2. The van der Waals surface area contributed by atoms with Gasteiger partial charge in [0.05, 0.1) is 13.4 Å². The normalized spacial score (nSPS) is 16.2. The van der Waals surface area contributed by atoms with Crippen LogP contribution in [0.5, 0.6) is 11.5 Å². The molecule has 1 aliphatic rings. The van der Waals surface area contributed by atoms with Crippen LogP contribution in [0.15, 0.2) is 24.8 Å². The van der Waals surface area contributed by atoms with Crippen LogP contribution in [0.25, 0.3) is 11.2 Å². The van der Waals surface area contributed by atoms with E-state index in [1.165, 1.54) is 11.9 Å². The molecular weight excluding hydrogens is 294 g/mol.